The number of rotatable bonds is 9. The number of carbonyl (C=O) groups excluding carboxylic acids is 1. The van der Waals surface area contributed by atoms with Gasteiger partial charge in [-0.25, -0.2) is 0 Å². The molecule has 0 fully saturated rings. The van der Waals surface area contributed by atoms with Crippen LogP contribution in [0.2, 0.25) is 0 Å². The molecule has 4 nitrogen and oxygen atoms in total. The SMILES string of the molecule is O=C(CC(SCCO)c1ccc(OC(F)F)cc1)c1ccco1. The molecule has 0 bridgehead atoms. The molecule has 7 heteroatoms. The molecule has 1 heterocycles. The number of ether oxygens (including phenoxy) is 1. The van der Waals surface area contributed by atoms with E-state index in [0.717, 1.165) is 5.56 Å². The summed E-state index contributed by atoms with van der Waals surface area (Å²) >= 11 is 1.42. The fourth-order valence-corrected chi connectivity index (χ4v) is 3.05. The number of aliphatic hydroxyl groups is 1. The maximum absolute atomic E-state index is 12.2. The van der Waals surface area contributed by atoms with Crippen LogP contribution in [0.1, 0.15) is 27.8 Å². The summed E-state index contributed by atoms with van der Waals surface area (Å²) in [6.07, 6.45) is 1.62. The summed E-state index contributed by atoms with van der Waals surface area (Å²) in [5.41, 5.74) is 0.796. The topological polar surface area (TPSA) is 59.7 Å². The second kappa shape index (κ2) is 8.69. The molecule has 1 aromatic carbocycles. The molecule has 1 N–H and O–H groups in total. The number of hydrogen-bond donors (Lipinski definition) is 1. The van der Waals surface area contributed by atoms with Gasteiger partial charge in [0, 0.05) is 17.4 Å². The standard InChI is InChI=1S/C16H16F2O4S/c17-16(18)22-12-5-3-11(4-6-12)15(23-9-7-19)10-13(20)14-2-1-8-21-14/h1-6,8,15-16,19H,7,9-10H2. The fraction of sp³-hybridized carbons (Fsp3) is 0.312. The lowest BCUT2D eigenvalue weighted by Gasteiger charge is -2.16. The number of alkyl halides is 2. The quantitative estimate of drug-likeness (QED) is 0.700. The van der Waals surface area contributed by atoms with E-state index in [9.17, 15) is 13.6 Å². The van der Waals surface area contributed by atoms with Gasteiger partial charge < -0.3 is 14.3 Å². The Bertz CT molecular complexity index is 599. The van der Waals surface area contributed by atoms with E-state index in [1.165, 1.54) is 30.2 Å². The van der Waals surface area contributed by atoms with Gasteiger partial charge in [0.05, 0.1) is 12.9 Å². The van der Waals surface area contributed by atoms with Crippen LogP contribution < -0.4 is 4.74 Å². The summed E-state index contributed by atoms with van der Waals surface area (Å²) < 4.78 is 33.7. The van der Waals surface area contributed by atoms with Gasteiger partial charge in [-0.3, -0.25) is 4.79 Å². The molecule has 1 unspecified atom stereocenters. The normalized spacial score (nSPS) is 12.3. The monoisotopic (exact) mass is 342 g/mol. The van der Waals surface area contributed by atoms with Crippen molar-refractivity contribution in [2.75, 3.05) is 12.4 Å². The van der Waals surface area contributed by atoms with Crippen molar-refractivity contribution in [3.63, 3.8) is 0 Å². The van der Waals surface area contributed by atoms with Crippen LogP contribution in [0, 0.1) is 0 Å². The van der Waals surface area contributed by atoms with Crippen molar-refractivity contribution in [2.45, 2.75) is 18.3 Å². The summed E-state index contributed by atoms with van der Waals surface area (Å²) in [6, 6.07) is 9.39. The number of halogens is 2. The van der Waals surface area contributed by atoms with E-state index in [-0.39, 0.29) is 35.6 Å². The Hall–Kier alpha value is -1.86. The highest BCUT2D eigenvalue weighted by molar-refractivity contribution is 7.99. The minimum absolute atomic E-state index is 0.0112. The molecule has 0 spiro atoms. The Morgan fingerprint density at radius 3 is 2.57 bits per heavy atom. The molecule has 0 aliphatic heterocycles. The number of hydrogen-bond acceptors (Lipinski definition) is 5. The Labute approximate surface area is 136 Å². The first kappa shape index (κ1) is 17.5. The summed E-state index contributed by atoms with van der Waals surface area (Å²) in [5.74, 6) is 0.647. The number of carbonyl (C=O) groups is 1. The second-order valence-corrected chi connectivity index (χ2v) is 5.95. The molecule has 124 valence electrons. The average Bonchev–Trinajstić information content (AvgIpc) is 3.06. The van der Waals surface area contributed by atoms with Gasteiger partial charge in [0.2, 0.25) is 0 Å². The molecule has 0 amide bonds. The van der Waals surface area contributed by atoms with Gasteiger partial charge in [-0.15, -0.1) is 0 Å². The molecule has 0 aliphatic rings. The van der Waals surface area contributed by atoms with E-state index < -0.39 is 6.61 Å². The van der Waals surface area contributed by atoms with E-state index in [0.29, 0.717) is 5.75 Å². The van der Waals surface area contributed by atoms with Crippen LogP contribution in [0.4, 0.5) is 8.78 Å². The highest BCUT2D eigenvalue weighted by Gasteiger charge is 2.19. The van der Waals surface area contributed by atoms with Gasteiger partial charge in [-0.05, 0) is 29.8 Å². The highest BCUT2D eigenvalue weighted by atomic mass is 32.2. The van der Waals surface area contributed by atoms with Crippen molar-refractivity contribution in [2.24, 2.45) is 0 Å². The first-order valence-electron chi connectivity index (χ1n) is 6.94. The van der Waals surface area contributed by atoms with Gasteiger partial charge in [-0.1, -0.05) is 12.1 Å². The molecular formula is C16H16F2O4S. The molecule has 1 atom stereocenters. The van der Waals surface area contributed by atoms with E-state index in [1.807, 2.05) is 0 Å². The van der Waals surface area contributed by atoms with E-state index in [1.54, 1.807) is 24.3 Å². The van der Waals surface area contributed by atoms with E-state index in [4.69, 9.17) is 9.52 Å². The van der Waals surface area contributed by atoms with Crippen LogP contribution in [0.15, 0.2) is 47.1 Å². The fourth-order valence-electron chi connectivity index (χ4n) is 2.04. The molecule has 23 heavy (non-hydrogen) atoms. The summed E-state index contributed by atoms with van der Waals surface area (Å²) in [6.45, 7) is -2.89. The van der Waals surface area contributed by atoms with Gasteiger partial charge >= 0.3 is 6.61 Å². The zero-order chi connectivity index (χ0) is 16.7. The van der Waals surface area contributed by atoms with E-state index in [2.05, 4.69) is 4.74 Å². The average molecular weight is 342 g/mol. The highest BCUT2D eigenvalue weighted by Crippen LogP contribution is 2.34. The van der Waals surface area contributed by atoms with Crippen LogP contribution in [0.25, 0.3) is 0 Å². The largest absolute Gasteiger partial charge is 0.461 e. The zero-order valence-electron chi connectivity index (χ0n) is 12.2. The summed E-state index contributed by atoms with van der Waals surface area (Å²) in [7, 11) is 0. The maximum Gasteiger partial charge on any atom is 0.387 e. The number of benzene rings is 1. The van der Waals surface area contributed by atoms with Crippen molar-refractivity contribution in [3.05, 3.63) is 54.0 Å². The molecule has 0 radical (unpaired) electrons. The minimum atomic E-state index is -2.87. The van der Waals surface area contributed by atoms with Crippen LogP contribution in [0.3, 0.4) is 0 Å². The maximum atomic E-state index is 12.2. The lowest BCUT2D eigenvalue weighted by Crippen LogP contribution is -2.06. The first-order valence-corrected chi connectivity index (χ1v) is 7.99. The van der Waals surface area contributed by atoms with Gasteiger partial charge in [0.15, 0.2) is 11.5 Å². The first-order chi connectivity index (χ1) is 11.1. The predicted octanol–water partition coefficient (Wildman–Crippen LogP) is 3.92. The Balaban J connectivity index is 2.09. The molecule has 1 aromatic heterocycles. The number of aliphatic hydroxyl groups excluding tert-OH is 1. The zero-order valence-corrected chi connectivity index (χ0v) is 13.0. The molecule has 2 aromatic rings. The third-order valence-electron chi connectivity index (χ3n) is 3.05. The van der Waals surface area contributed by atoms with Crippen LogP contribution in [-0.4, -0.2) is 29.9 Å². The van der Waals surface area contributed by atoms with E-state index >= 15 is 0 Å². The second-order valence-electron chi connectivity index (χ2n) is 4.64. The van der Waals surface area contributed by atoms with Crippen molar-refractivity contribution in [3.8, 4) is 5.75 Å². The number of thioether (sulfide) groups is 1. The van der Waals surface area contributed by atoms with Gasteiger partial charge in [0.1, 0.15) is 5.75 Å². The van der Waals surface area contributed by atoms with Crippen molar-refractivity contribution >= 4 is 17.5 Å². The number of furan rings is 1. The summed E-state index contributed by atoms with van der Waals surface area (Å²) in [4.78, 5) is 12.2. The van der Waals surface area contributed by atoms with Crippen molar-refractivity contribution < 1.29 is 27.8 Å². The van der Waals surface area contributed by atoms with Crippen molar-refractivity contribution in [1.29, 1.82) is 0 Å². The Morgan fingerprint density at radius 2 is 2.00 bits per heavy atom. The van der Waals surface area contributed by atoms with Crippen molar-refractivity contribution in [1.82, 2.24) is 0 Å². The lowest BCUT2D eigenvalue weighted by atomic mass is 10.1. The van der Waals surface area contributed by atoms with Crippen LogP contribution in [0.5, 0.6) is 5.75 Å². The number of Topliss-reactive ketones (excluding diaryl/α,β-unsaturated/α-hetero) is 1. The third kappa shape index (κ3) is 5.37. The predicted molar refractivity (Wildman–Crippen MR) is 83.0 cm³/mol. The molecule has 0 saturated carbocycles. The molecule has 2 rings (SSSR count). The lowest BCUT2D eigenvalue weighted by molar-refractivity contribution is -0.0498. The molecule has 0 aliphatic carbocycles. The Kier molecular flexibility index (Phi) is 6.61. The molecular weight excluding hydrogens is 326 g/mol. The summed E-state index contributed by atoms with van der Waals surface area (Å²) in [5, 5.41) is 8.79. The van der Waals surface area contributed by atoms with Gasteiger partial charge in [-0.2, -0.15) is 20.5 Å². The smallest absolute Gasteiger partial charge is 0.387 e. The van der Waals surface area contributed by atoms with Crippen LogP contribution >= 0.6 is 11.8 Å². The molecule has 0 saturated heterocycles. The number of ketones is 1. The van der Waals surface area contributed by atoms with Gasteiger partial charge in [0.25, 0.3) is 0 Å². The van der Waals surface area contributed by atoms with Crippen LogP contribution in [-0.2, 0) is 0 Å². The Morgan fingerprint density at radius 1 is 1.26 bits per heavy atom. The third-order valence-corrected chi connectivity index (χ3v) is 4.31. The minimum Gasteiger partial charge on any atom is -0.461 e.